The van der Waals surface area contributed by atoms with Gasteiger partial charge in [-0.15, -0.1) is 0 Å². The number of hydrogen-bond donors (Lipinski definition) is 2. The second-order valence-electron chi connectivity index (χ2n) is 5.05. The number of aromatic nitrogens is 1. The van der Waals surface area contributed by atoms with Crippen molar-refractivity contribution in [1.29, 1.82) is 0 Å². The van der Waals surface area contributed by atoms with Crippen molar-refractivity contribution in [3.8, 4) is 5.75 Å². The quantitative estimate of drug-likeness (QED) is 0.782. The normalized spacial score (nSPS) is 11.2. The van der Waals surface area contributed by atoms with Gasteiger partial charge in [-0.3, -0.25) is 0 Å². The van der Waals surface area contributed by atoms with E-state index in [-0.39, 0.29) is 0 Å². The Labute approximate surface area is 115 Å². The van der Waals surface area contributed by atoms with Crippen molar-refractivity contribution in [3.05, 3.63) is 29.0 Å². The molecule has 1 aromatic heterocycles. The molecule has 0 aliphatic rings. The molecule has 0 bridgehead atoms. The Morgan fingerprint density at radius 1 is 1.26 bits per heavy atom. The molecule has 0 radical (unpaired) electrons. The van der Waals surface area contributed by atoms with E-state index in [2.05, 4.69) is 43.2 Å². The van der Waals surface area contributed by atoms with Gasteiger partial charge in [0.15, 0.2) is 0 Å². The van der Waals surface area contributed by atoms with Gasteiger partial charge in [-0.05, 0) is 63.0 Å². The lowest BCUT2D eigenvalue weighted by atomic mass is 10.0. The molecule has 1 aromatic carbocycles. The molecule has 0 saturated carbocycles. The summed E-state index contributed by atoms with van der Waals surface area (Å²) in [4.78, 5) is 3.51. The van der Waals surface area contributed by atoms with Crippen LogP contribution in [-0.2, 0) is 6.42 Å². The third kappa shape index (κ3) is 2.92. The lowest BCUT2D eigenvalue weighted by Gasteiger charge is -2.05. The molecule has 2 N–H and O–H groups in total. The highest BCUT2D eigenvalue weighted by molar-refractivity contribution is 5.88. The summed E-state index contributed by atoms with van der Waals surface area (Å²) >= 11 is 0. The van der Waals surface area contributed by atoms with Gasteiger partial charge < -0.3 is 15.0 Å². The van der Waals surface area contributed by atoms with Crippen LogP contribution >= 0.6 is 0 Å². The highest BCUT2D eigenvalue weighted by atomic mass is 16.5. The maximum absolute atomic E-state index is 5.38. The molecular formula is C16H24N2O. The van der Waals surface area contributed by atoms with E-state index in [4.69, 9.17) is 4.74 Å². The summed E-state index contributed by atoms with van der Waals surface area (Å²) in [5.41, 5.74) is 5.20. The molecule has 3 heteroatoms. The van der Waals surface area contributed by atoms with E-state index in [1.54, 1.807) is 7.11 Å². The van der Waals surface area contributed by atoms with Crippen LogP contribution in [0.3, 0.4) is 0 Å². The Balaban J connectivity index is 2.31. The Morgan fingerprint density at radius 3 is 2.74 bits per heavy atom. The van der Waals surface area contributed by atoms with Crippen LogP contribution in [0.5, 0.6) is 5.75 Å². The van der Waals surface area contributed by atoms with Gasteiger partial charge in [-0.1, -0.05) is 6.92 Å². The standard InChI is InChI=1S/C16H24N2O/c1-5-17-8-6-7-14-12(3)18-16-11(2)9-13(19-4)10-15(14)16/h9-10,17-18H,5-8H2,1-4H3. The number of aromatic amines is 1. The highest BCUT2D eigenvalue weighted by Gasteiger charge is 2.11. The molecule has 2 aromatic rings. The van der Waals surface area contributed by atoms with E-state index >= 15 is 0 Å². The number of ether oxygens (including phenoxy) is 1. The zero-order valence-corrected chi connectivity index (χ0v) is 12.4. The number of methoxy groups -OCH3 is 1. The topological polar surface area (TPSA) is 37.0 Å². The minimum Gasteiger partial charge on any atom is -0.497 e. The molecule has 0 aliphatic heterocycles. The van der Waals surface area contributed by atoms with Crippen molar-refractivity contribution in [2.75, 3.05) is 20.2 Å². The number of fused-ring (bicyclic) bond motifs is 1. The third-order valence-corrected chi connectivity index (χ3v) is 3.67. The van der Waals surface area contributed by atoms with Crippen LogP contribution in [0.4, 0.5) is 0 Å². The van der Waals surface area contributed by atoms with Gasteiger partial charge in [-0.2, -0.15) is 0 Å². The Hall–Kier alpha value is -1.48. The summed E-state index contributed by atoms with van der Waals surface area (Å²) < 4.78 is 5.38. The zero-order valence-electron chi connectivity index (χ0n) is 12.4. The first-order valence-corrected chi connectivity index (χ1v) is 7.03. The molecule has 0 atom stereocenters. The summed E-state index contributed by atoms with van der Waals surface area (Å²) in [5, 5.41) is 4.69. The third-order valence-electron chi connectivity index (χ3n) is 3.67. The number of H-pyrrole nitrogens is 1. The minimum absolute atomic E-state index is 0.942. The Bertz CT molecular complexity index is 557. The van der Waals surface area contributed by atoms with Crippen LogP contribution in [0.15, 0.2) is 12.1 Å². The van der Waals surface area contributed by atoms with Gasteiger partial charge in [0.2, 0.25) is 0 Å². The summed E-state index contributed by atoms with van der Waals surface area (Å²) in [6.07, 6.45) is 2.27. The fourth-order valence-electron chi connectivity index (χ4n) is 2.63. The van der Waals surface area contributed by atoms with Crippen molar-refractivity contribution >= 4 is 10.9 Å². The van der Waals surface area contributed by atoms with E-state index in [0.717, 1.165) is 31.7 Å². The monoisotopic (exact) mass is 260 g/mol. The summed E-state index contributed by atoms with van der Waals surface area (Å²) in [6.45, 7) is 8.55. The lowest BCUT2D eigenvalue weighted by molar-refractivity contribution is 0.415. The number of hydrogen-bond acceptors (Lipinski definition) is 2. The van der Waals surface area contributed by atoms with Gasteiger partial charge in [-0.25, -0.2) is 0 Å². The van der Waals surface area contributed by atoms with Gasteiger partial charge in [0.25, 0.3) is 0 Å². The van der Waals surface area contributed by atoms with Crippen molar-refractivity contribution in [2.24, 2.45) is 0 Å². The fourth-order valence-corrected chi connectivity index (χ4v) is 2.63. The van der Waals surface area contributed by atoms with E-state index in [9.17, 15) is 0 Å². The van der Waals surface area contributed by atoms with E-state index in [1.165, 1.54) is 27.7 Å². The maximum Gasteiger partial charge on any atom is 0.119 e. The Kier molecular flexibility index (Phi) is 4.48. The Morgan fingerprint density at radius 2 is 2.05 bits per heavy atom. The van der Waals surface area contributed by atoms with Crippen LogP contribution in [-0.4, -0.2) is 25.2 Å². The van der Waals surface area contributed by atoms with Crippen LogP contribution in [0.25, 0.3) is 10.9 Å². The maximum atomic E-state index is 5.38. The SMILES string of the molecule is CCNCCCc1c(C)[nH]c2c(C)cc(OC)cc12. The molecule has 0 spiro atoms. The predicted molar refractivity (Wildman–Crippen MR) is 81.2 cm³/mol. The molecule has 0 unspecified atom stereocenters. The fraction of sp³-hybridized carbons (Fsp3) is 0.500. The van der Waals surface area contributed by atoms with Crippen LogP contribution in [0.1, 0.15) is 30.2 Å². The van der Waals surface area contributed by atoms with Crippen molar-refractivity contribution < 1.29 is 4.74 Å². The van der Waals surface area contributed by atoms with Gasteiger partial charge in [0.05, 0.1) is 7.11 Å². The van der Waals surface area contributed by atoms with Crippen LogP contribution < -0.4 is 10.1 Å². The second kappa shape index (κ2) is 6.11. The van der Waals surface area contributed by atoms with Crippen LogP contribution in [0, 0.1) is 13.8 Å². The summed E-state index contributed by atoms with van der Waals surface area (Å²) in [6, 6.07) is 4.23. The number of nitrogens with one attached hydrogen (secondary N) is 2. The largest absolute Gasteiger partial charge is 0.497 e. The van der Waals surface area contributed by atoms with E-state index in [1.807, 2.05) is 0 Å². The smallest absolute Gasteiger partial charge is 0.119 e. The summed E-state index contributed by atoms with van der Waals surface area (Å²) in [5.74, 6) is 0.942. The molecule has 0 aliphatic carbocycles. The molecular weight excluding hydrogens is 236 g/mol. The summed E-state index contributed by atoms with van der Waals surface area (Å²) in [7, 11) is 1.73. The van der Waals surface area contributed by atoms with Crippen LogP contribution in [0.2, 0.25) is 0 Å². The molecule has 2 rings (SSSR count). The second-order valence-corrected chi connectivity index (χ2v) is 5.05. The number of benzene rings is 1. The average Bonchev–Trinajstić information content (AvgIpc) is 2.72. The van der Waals surface area contributed by atoms with Crippen molar-refractivity contribution in [2.45, 2.75) is 33.6 Å². The first-order chi connectivity index (χ1) is 9.17. The molecule has 0 saturated heterocycles. The van der Waals surface area contributed by atoms with Gasteiger partial charge in [0, 0.05) is 16.6 Å². The first-order valence-electron chi connectivity index (χ1n) is 7.03. The molecule has 0 amide bonds. The van der Waals surface area contributed by atoms with Crippen molar-refractivity contribution in [1.82, 2.24) is 10.3 Å². The predicted octanol–water partition coefficient (Wildman–Crippen LogP) is 3.34. The highest BCUT2D eigenvalue weighted by Crippen LogP contribution is 2.30. The minimum atomic E-state index is 0.942. The zero-order chi connectivity index (χ0) is 13.8. The van der Waals surface area contributed by atoms with Crippen molar-refractivity contribution in [3.63, 3.8) is 0 Å². The van der Waals surface area contributed by atoms with Gasteiger partial charge in [0.1, 0.15) is 5.75 Å². The number of aryl methyl sites for hydroxylation is 3. The first kappa shape index (κ1) is 13.9. The molecule has 104 valence electrons. The van der Waals surface area contributed by atoms with Gasteiger partial charge >= 0.3 is 0 Å². The van der Waals surface area contributed by atoms with E-state index in [0.29, 0.717) is 0 Å². The number of rotatable bonds is 6. The molecule has 0 fully saturated rings. The lowest BCUT2D eigenvalue weighted by Crippen LogP contribution is -2.14. The average molecular weight is 260 g/mol. The molecule has 19 heavy (non-hydrogen) atoms. The van der Waals surface area contributed by atoms with E-state index < -0.39 is 0 Å². The molecule has 1 heterocycles. The molecule has 3 nitrogen and oxygen atoms in total.